The van der Waals surface area contributed by atoms with Gasteiger partial charge in [-0.2, -0.15) is 0 Å². The first kappa shape index (κ1) is 24.2. The number of hydrogen-bond donors (Lipinski definition) is 0. The molecule has 1 aromatic carbocycles. The molecule has 1 aromatic heterocycles. The Labute approximate surface area is 183 Å². The summed E-state index contributed by atoms with van der Waals surface area (Å²) in [6.07, 6.45) is 0. The molecule has 0 fully saturated rings. The summed E-state index contributed by atoms with van der Waals surface area (Å²) in [7, 11) is 4.60. The molecular weight excluding hydrogens is 396 g/mol. The Morgan fingerprint density at radius 1 is 1.03 bits per heavy atom. The normalized spacial score (nSPS) is 11.9. The number of aromatic nitrogens is 1. The standard InChI is InChI=1S/C24H32N2O5/c1-14(2)13-26(23(28)18-9-11-19(30-7)12-10-18)17(5)22(27)20-15(3)21(24(29)31-8)25(6)16(20)4/h9-12,14,17H,13H2,1-8H3. The molecule has 31 heavy (non-hydrogen) atoms. The molecule has 0 radical (unpaired) electrons. The quantitative estimate of drug-likeness (QED) is 0.472. The smallest absolute Gasteiger partial charge is 0.354 e. The Morgan fingerprint density at radius 3 is 2.10 bits per heavy atom. The number of Topliss-reactive ketones (excluding diaryl/α,β-unsaturated/α-hetero) is 1. The molecule has 0 aliphatic heterocycles. The van der Waals surface area contributed by atoms with Gasteiger partial charge < -0.3 is 18.9 Å². The third-order valence-corrected chi connectivity index (χ3v) is 5.56. The lowest BCUT2D eigenvalue weighted by molar-refractivity contribution is 0.0587. The number of esters is 1. The number of rotatable bonds is 8. The van der Waals surface area contributed by atoms with Crippen LogP contribution in [-0.2, 0) is 11.8 Å². The number of ether oxygens (including phenoxy) is 2. The summed E-state index contributed by atoms with van der Waals surface area (Å²) in [5, 5.41) is 0. The van der Waals surface area contributed by atoms with Gasteiger partial charge in [-0.3, -0.25) is 9.59 Å². The number of carbonyl (C=O) groups is 3. The zero-order valence-electron chi connectivity index (χ0n) is 19.6. The molecule has 1 heterocycles. The van der Waals surface area contributed by atoms with Crippen LogP contribution in [0.4, 0.5) is 0 Å². The number of benzene rings is 1. The predicted octanol–water partition coefficient (Wildman–Crippen LogP) is 3.81. The van der Waals surface area contributed by atoms with Crippen molar-refractivity contribution in [1.29, 1.82) is 0 Å². The number of hydrogen-bond acceptors (Lipinski definition) is 5. The van der Waals surface area contributed by atoms with Crippen molar-refractivity contribution in [3.8, 4) is 5.75 Å². The molecule has 7 nitrogen and oxygen atoms in total. The lowest BCUT2D eigenvalue weighted by atomic mass is 9.98. The van der Waals surface area contributed by atoms with Gasteiger partial charge in [0.2, 0.25) is 0 Å². The van der Waals surface area contributed by atoms with Crippen molar-refractivity contribution in [3.05, 3.63) is 52.3 Å². The number of nitrogens with zero attached hydrogens (tertiary/aromatic N) is 2. The van der Waals surface area contributed by atoms with E-state index in [0.717, 1.165) is 0 Å². The van der Waals surface area contributed by atoms with Crippen molar-refractivity contribution >= 4 is 17.7 Å². The zero-order chi connectivity index (χ0) is 23.5. The average molecular weight is 429 g/mol. The van der Waals surface area contributed by atoms with Crippen LogP contribution in [0.15, 0.2) is 24.3 Å². The van der Waals surface area contributed by atoms with Gasteiger partial charge in [-0.05, 0) is 56.5 Å². The summed E-state index contributed by atoms with van der Waals surface area (Å²) in [5.74, 6) is -0.106. The Balaban J connectivity index is 2.46. The van der Waals surface area contributed by atoms with Crippen LogP contribution < -0.4 is 4.74 Å². The summed E-state index contributed by atoms with van der Waals surface area (Å²) < 4.78 is 11.7. The van der Waals surface area contributed by atoms with E-state index in [2.05, 4.69) is 0 Å². The van der Waals surface area contributed by atoms with Crippen LogP contribution in [0.25, 0.3) is 0 Å². The molecule has 0 spiro atoms. The molecule has 0 saturated carbocycles. The maximum atomic E-state index is 13.5. The van der Waals surface area contributed by atoms with Gasteiger partial charge in [0.05, 0.1) is 20.3 Å². The minimum absolute atomic E-state index is 0.168. The first-order chi connectivity index (χ1) is 14.5. The van der Waals surface area contributed by atoms with Gasteiger partial charge in [0.25, 0.3) is 5.91 Å². The monoisotopic (exact) mass is 428 g/mol. The maximum absolute atomic E-state index is 13.5. The average Bonchev–Trinajstić information content (AvgIpc) is 2.98. The van der Waals surface area contributed by atoms with Gasteiger partial charge in [-0.1, -0.05) is 13.8 Å². The molecule has 0 N–H and O–H groups in total. The van der Waals surface area contributed by atoms with Gasteiger partial charge in [-0.25, -0.2) is 4.79 Å². The van der Waals surface area contributed by atoms with Crippen molar-refractivity contribution in [1.82, 2.24) is 9.47 Å². The highest BCUT2D eigenvalue weighted by molar-refractivity contribution is 6.07. The second-order valence-electron chi connectivity index (χ2n) is 8.10. The van der Waals surface area contributed by atoms with E-state index in [4.69, 9.17) is 9.47 Å². The Bertz CT molecular complexity index is 973. The van der Waals surface area contributed by atoms with Crippen molar-refractivity contribution < 1.29 is 23.9 Å². The van der Waals surface area contributed by atoms with Gasteiger partial charge in [0.1, 0.15) is 11.4 Å². The van der Waals surface area contributed by atoms with Crippen LogP contribution in [-0.4, -0.2) is 53.9 Å². The molecule has 2 rings (SSSR count). The zero-order valence-corrected chi connectivity index (χ0v) is 19.6. The van der Waals surface area contributed by atoms with E-state index < -0.39 is 12.0 Å². The number of amides is 1. The third kappa shape index (κ3) is 4.81. The van der Waals surface area contributed by atoms with Gasteiger partial charge >= 0.3 is 5.97 Å². The molecule has 168 valence electrons. The van der Waals surface area contributed by atoms with E-state index in [1.165, 1.54) is 7.11 Å². The summed E-state index contributed by atoms with van der Waals surface area (Å²) in [6.45, 7) is 9.68. The molecule has 1 amide bonds. The van der Waals surface area contributed by atoms with Crippen LogP contribution in [0.3, 0.4) is 0 Å². The maximum Gasteiger partial charge on any atom is 0.354 e. The molecular formula is C24H32N2O5. The van der Waals surface area contributed by atoms with E-state index in [1.54, 1.807) is 68.7 Å². The lowest BCUT2D eigenvalue weighted by Crippen LogP contribution is -2.45. The van der Waals surface area contributed by atoms with Crippen LogP contribution in [0.1, 0.15) is 63.2 Å². The van der Waals surface area contributed by atoms with E-state index in [-0.39, 0.29) is 17.6 Å². The lowest BCUT2D eigenvalue weighted by Gasteiger charge is -2.30. The molecule has 0 aliphatic carbocycles. The Kier molecular flexibility index (Phi) is 7.65. The van der Waals surface area contributed by atoms with Crippen LogP contribution in [0, 0.1) is 19.8 Å². The molecule has 1 unspecified atom stereocenters. The van der Waals surface area contributed by atoms with Crippen molar-refractivity contribution in [2.45, 2.75) is 40.7 Å². The molecule has 0 aliphatic rings. The number of ketones is 1. The van der Waals surface area contributed by atoms with E-state index in [0.29, 0.717) is 40.4 Å². The van der Waals surface area contributed by atoms with Gasteiger partial charge in [-0.15, -0.1) is 0 Å². The highest BCUT2D eigenvalue weighted by Gasteiger charge is 2.33. The Morgan fingerprint density at radius 2 is 1.61 bits per heavy atom. The molecule has 1 atom stereocenters. The van der Waals surface area contributed by atoms with Crippen molar-refractivity contribution in [2.24, 2.45) is 13.0 Å². The minimum atomic E-state index is -0.706. The molecule has 7 heteroatoms. The SMILES string of the molecule is COC(=O)c1c(C)c(C(=O)C(C)N(CC(C)C)C(=O)c2ccc(OC)cc2)c(C)n1C. The molecule has 0 bridgehead atoms. The summed E-state index contributed by atoms with van der Waals surface area (Å²) in [6, 6.07) is 6.13. The van der Waals surface area contributed by atoms with Crippen molar-refractivity contribution in [2.75, 3.05) is 20.8 Å². The number of carbonyl (C=O) groups excluding carboxylic acids is 3. The Hall–Kier alpha value is -3.09. The second-order valence-corrected chi connectivity index (χ2v) is 8.10. The van der Waals surface area contributed by atoms with Crippen LogP contribution in [0.5, 0.6) is 5.75 Å². The van der Waals surface area contributed by atoms with Gasteiger partial charge in [0.15, 0.2) is 5.78 Å². The molecule has 2 aromatic rings. The first-order valence-corrected chi connectivity index (χ1v) is 10.3. The fourth-order valence-corrected chi connectivity index (χ4v) is 3.79. The van der Waals surface area contributed by atoms with E-state index in [1.807, 2.05) is 13.8 Å². The fraction of sp³-hybridized carbons (Fsp3) is 0.458. The van der Waals surface area contributed by atoms with E-state index in [9.17, 15) is 14.4 Å². The summed E-state index contributed by atoms with van der Waals surface area (Å²) in [4.78, 5) is 40.7. The fourth-order valence-electron chi connectivity index (χ4n) is 3.79. The van der Waals surface area contributed by atoms with Gasteiger partial charge in [0, 0.05) is 30.4 Å². The second kappa shape index (κ2) is 9.81. The summed E-state index contributed by atoms with van der Waals surface area (Å²) in [5.41, 5.74) is 2.50. The number of methoxy groups -OCH3 is 2. The minimum Gasteiger partial charge on any atom is -0.497 e. The third-order valence-electron chi connectivity index (χ3n) is 5.56. The van der Waals surface area contributed by atoms with Crippen LogP contribution in [0.2, 0.25) is 0 Å². The first-order valence-electron chi connectivity index (χ1n) is 10.3. The largest absolute Gasteiger partial charge is 0.497 e. The van der Waals surface area contributed by atoms with Crippen LogP contribution >= 0.6 is 0 Å². The highest BCUT2D eigenvalue weighted by atomic mass is 16.5. The molecule has 0 saturated heterocycles. The summed E-state index contributed by atoms with van der Waals surface area (Å²) >= 11 is 0. The van der Waals surface area contributed by atoms with E-state index >= 15 is 0 Å². The highest BCUT2D eigenvalue weighted by Crippen LogP contribution is 2.25. The topological polar surface area (TPSA) is 77.8 Å². The predicted molar refractivity (Wildman–Crippen MR) is 119 cm³/mol. The van der Waals surface area contributed by atoms with Crippen molar-refractivity contribution in [3.63, 3.8) is 0 Å².